The summed E-state index contributed by atoms with van der Waals surface area (Å²) in [5, 5.41) is 3.60. The molecule has 3 rings (SSSR count). The van der Waals surface area contributed by atoms with Crippen molar-refractivity contribution >= 4 is 24.2 Å². The molecule has 0 spiro atoms. The number of fused-ring (bicyclic) bond motifs is 2. The molecule has 6 heteroatoms. The minimum absolute atomic E-state index is 0. The lowest BCUT2D eigenvalue weighted by Crippen LogP contribution is -2.51. The standard InChI is InChI=1S/C15H25N3O2.ClH/c1-17(13-8-11-5-6-12(9-13)16-11)15(20)10-18-7-3-2-4-14(18)19;/h11-13,16H,2-10H2,1H3;1H. The molecule has 21 heavy (non-hydrogen) atoms. The molecule has 2 bridgehead atoms. The van der Waals surface area contributed by atoms with Gasteiger partial charge >= 0.3 is 0 Å². The molecule has 3 aliphatic rings. The van der Waals surface area contributed by atoms with Gasteiger partial charge in [0.2, 0.25) is 11.8 Å². The number of amides is 2. The van der Waals surface area contributed by atoms with E-state index in [1.165, 1.54) is 12.8 Å². The van der Waals surface area contributed by atoms with Crippen LogP contribution in [0, 0.1) is 0 Å². The van der Waals surface area contributed by atoms with Gasteiger partial charge in [0.1, 0.15) is 0 Å². The summed E-state index contributed by atoms with van der Waals surface area (Å²) >= 11 is 0. The second-order valence-electron chi connectivity index (χ2n) is 6.54. The molecule has 3 saturated heterocycles. The van der Waals surface area contributed by atoms with Crippen LogP contribution in [0.2, 0.25) is 0 Å². The molecule has 0 aromatic rings. The number of rotatable bonds is 3. The SMILES string of the molecule is CN(C(=O)CN1CCCCC1=O)C1CC2CCC(C1)N2.Cl. The Morgan fingerprint density at radius 1 is 1.29 bits per heavy atom. The Labute approximate surface area is 132 Å². The third kappa shape index (κ3) is 3.69. The number of hydrogen-bond acceptors (Lipinski definition) is 3. The van der Waals surface area contributed by atoms with E-state index < -0.39 is 0 Å². The molecular formula is C15H26ClN3O2. The zero-order valence-electron chi connectivity index (χ0n) is 12.7. The highest BCUT2D eigenvalue weighted by molar-refractivity contribution is 5.85. The zero-order valence-corrected chi connectivity index (χ0v) is 13.5. The molecule has 3 heterocycles. The topological polar surface area (TPSA) is 52.7 Å². The van der Waals surface area contributed by atoms with Crippen molar-refractivity contribution in [1.29, 1.82) is 0 Å². The van der Waals surface area contributed by atoms with Crippen LogP contribution in [0.1, 0.15) is 44.9 Å². The van der Waals surface area contributed by atoms with Gasteiger partial charge in [0, 0.05) is 38.1 Å². The third-order valence-corrected chi connectivity index (χ3v) is 5.14. The molecular weight excluding hydrogens is 290 g/mol. The monoisotopic (exact) mass is 315 g/mol. The second kappa shape index (κ2) is 6.97. The molecule has 2 unspecified atom stereocenters. The van der Waals surface area contributed by atoms with Crippen molar-refractivity contribution in [2.45, 2.75) is 63.1 Å². The largest absolute Gasteiger partial charge is 0.341 e. The van der Waals surface area contributed by atoms with Crippen LogP contribution in [-0.4, -0.2) is 59.9 Å². The second-order valence-corrected chi connectivity index (χ2v) is 6.54. The predicted octanol–water partition coefficient (Wildman–Crippen LogP) is 1.16. The van der Waals surface area contributed by atoms with Crippen LogP contribution in [0.25, 0.3) is 0 Å². The highest BCUT2D eigenvalue weighted by Crippen LogP contribution is 2.29. The summed E-state index contributed by atoms with van der Waals surface area (Å²) in [6.07, 6.45) is 7.22. The van der Waals surface area contributed by atoms with Crippen molar-refractivity contribution in [2.24, 2.45) is 0 Å². The van der Waals surface area contributed by atoms with Crippen LogP contribution in [-0.2, 0) is 9.59 Å². The molecule has 0 aromatic heterocycles. The fourth-order valence-corrected chi connectivity index (χ4v) is 3.85. The number of carbonyl (C=O) groups excluding carboxylic acids is 2. The number of nitrogens with zero attached hydrogens (tertiary/aromatic N) is 2. The Bertz CT molecular complexity index is 392. The molecule has 2 atom stereocenters. The van der Waals surface area contributed by atoms with Gasteiger partial charge in [-0.3, -0.25) is 9.59 Å². The van der Waals surface area contributed by atoms with E-state index in [1.807, 2.05) is 11.9 Å². The van der Waals surface area contributed by atoms with E-state index in [9.17, 15) is 9.59 Å². The summed E-state index contributed by atoms with van der Waals surface area (Å²) < 4.78 is 0. The number of likely N-dealkylation sites (N-methyl/N-ethyl adjacent to an activating group) is 1. The van der Waals surface area contributed by atoms with Gasteiger partial charge in [-0.05, 0) is 38.5 Å². The zero-order chi connectivity index (χ0) is 14.1. The predicted molar refractivity (Wildman–Crippen MR) is 83.4 cm³/mol. The quantitative estimate of drug-likeness (QED) is 0.850. The molecule has 3 fully saturated rings. The first-order valence-electron chi connectivity index (χ1n) is 7.93. The summed E-state index contributed by atoms with van der Waals surface area (Å²) in [4.78, 5) is 27.8. The van der Waals surface area contributed by atoms with Gasteiger partial charge in [0.25, 0.3) is 0 Å². The van der Waals surface area contributed by atoms with Gasteiger partial charge in [-0.25, -0.2) is 0 Å². The number of likely N-dealkylation sites (tertiary alicyclic amines) is 1. The fraction of sp³-hybridized carbons (Fsp3) is 0.867. The molecule has 2 amide bonds. The minimum atomic E-state index is 0. The lowest BCUT2D eigenvalue weighted by Gasteiger charge is -2.37. The highest BCUT2D eigenvalue weighted by atomic mass is 35.5. The maximum Gasteiger partial charge on any atom is 0.242 e. The van der Waals surface area contributed by atoms with Crippen molar-refractivity contribution in [2.75, 3.05) is 20.1 Å². The van der Waals surface area contributed by atoms with Gasteiger partial charge in [0.15, 0.2) is 0 Å². The molecule has 0 saturated carbocycles. The summed E-state index contributed by atoms with van der Waals surface area (Å²) in [6, 6.07) is 1.53. The molecule has 3 aliphatic heterocycles. The maximum atomic E-state index is 12.4. The number of carbonyl (C=O) groups is 2. The van der Waals surface area contributed by atoms with E-state index in [0.717, 1.165) is 32.2 Å². The summed E-state index contributed by atoms with van der Waals surface area (Å²) in [5.74, 6) is 0.245. The Morgan fingerprint density at radius 3 is 2.57 bits per heavy atom. The van der Waals surface area contributed by atoms with Crippen molar-refractivity contribution in [3.8, 4) is 0 Å². The van der Waals surface area contributed by atoms with Crippen LogP contribution in [0.5, 0.6) is 0 Å². The van der Waals surface area contributed by atoms with Gasteiger partial charge in [0.05, 0.1) is 6.54 Å². The highest BCUT2D eigenvalue weighted by Gasteiger charge is 2.36. The van der Waals surface area contributed by atoms with Crippen LogP contribution in [0.15, 0.2) is 0 Å². The summed E-state index contributed by atoms with van der Waals surface area (Å²) in [5.41, 5.74) is 0. The fourth-order valence-electron chi connectivity index (χ4n) is 3.85. The van der Waals surface area contributed by atoms with Crippen molar-refractivity contribution < 1.29 is 9.59 Å². The average Bonchev–Trinajstić information content (AvgIpc) is 2.79. The van der Waals surface area contributed by atoms with Gasteiger partial charge < -0.3 is 15.1 Å². The van der Waals surface area contributed by atoms with Crippen molar-refractivity contribution in [3.63, 3.8) is 0 Å². The first-order valence-corrected chi connectivity index (χ1v) is 7.93. The van der Waals surface area contributed by atoms with E-state index in [2.05, 4.69) is 5.32 Å². The molecule has 0 radical (unpaired) electrons. The summed E-state index contributed by atoms with van der Waals surface area (Å²) in [6.45, 7) is 1.02. The van der Waals surface area contributed by atoms with E-state index in [1.54, 1.807) is 4.90 Å². The van der Waals surface area contributed by atoms with E-state index in [0.29, 0.717) is 24.5 Å². The average molecular weight is 316 g/mol. The molecule has 120 valence electrons. The van der Waals surface area contributed by atoms with E-state index in [-0.39, 0.29) is 30.8 Å². The van der Waals surface area contributed by atoms with E-state index in [4.69, 9.17) is 0 Å². The molecule has 1 N–H and O–H groups in total. The van der Waals surface area contributed by atoms with Crippen molar-refractivity contribution in [1.82, 2.24) is 15.1 Å². The first kappa shape index (κ1) is 16.6. The van der Waals surface area contributed by atoms with Crippen LogP contribution < -0.4 is 5.32 Å². The Morgan fingerprint density at radius 2 is 1.95 bits per heavy atom. The maximum absolute atomic E-state index is 12.4. The van der Waals surface area contributed by atoms with E-state index >= 15 is 0 Å². The van der Waals surface area contributed by atoms with Gasteiger partial charge in [-0.15, -0.1) is 12.4 Å². The summed E-state index contributed by atoms with van der Waals surface area (Å²) in [7, 11) is 1.91. The molecule has 0 aliphatic carbocycles. The number of hydrogen-bond donors (Lipinski definition) is 1. The van der Waals surface area contributed by atoms with Gasteiger partial charge in [-0.1, -0.05) is 0 Å². The van der Waals surface area contributed by atoms with Crippen molar-refractivity contribution in [3.05, 3.63) is 0 Å². The minimum Gasteiger partial charge on any atom is -0.341 e. The lowest BCUT2D eigenvalue weighted by atomic mass is 9.98. The molecule has 5 nitrogen and oxygen atoms in total. The number of piperidine rings is 2. The lowest BCUT2D eigenvalue weighted by molar-refractivity contribution is -0.142. The third-order valence-electron chi connectivity index (χ3n) is 5.14. The smallest absolute Gasteiger partial charge is 0.242 e. The van der Waals surface area contributed by atoms with Gasteiger partial charge in [-0.2, -0.15) is 0 Å². The van der Waals surface area contributed by atoms with Crippen LogP contribution in [0.3, 0.4) is 0 Å². The first-order chi connectivity index (χ1) is 9.63. The van der Waals surface area contributed by atoms with Crippen LogP contribution in [0.4, 0.5) is 0 Å². The number of nitrogens with one attached hydrogen (secondary N) is 1. The Balaban J connectivity index is 0.00000161. The number of halogens is 1. The Hall–Kier alpha value is -0.810. The normalized spacial score (nSPS) is 31.8. The van der Waals surface area contributed by atoms with Crippen LogP contribution >= 0.6 is 12.4 Å². The Kier molecular flexibility index (Phi) is 5.49. The molecule has 0 aromatic carbocycles.